The first-order valence-corrected chi connectivity index (χ1v) is 6.95. The lowest BCUT2D eigenvalue weighted by Gasteiger charge is -2.01. The third-order valence-corrected chi connectivity index (χ3v) is 3.47. The van der Waals surface area contributed by atoms with E-state index in [1.807, 2.05) is 24.2 Å². The Labute approximate surface area is 98.8 Å². The Hall–Kier alpha value is -0.0200. The molecule has 14 heavy (non-hydrogen) atoms. The molecule has 0 aliphatic rings. The first-order valence-electron chi connectivity index (χ1n) is 5.00. The normalized spacial score (nSPS) is 10.4. The van der Waals surface area contributed by atoms with Crippen LogP contribution in [0.3, 0.4) is 0 Å². The first kappa shape index (κ1) is 12.1. The fourth-order valence-corrected chi connectivity index (χ4v) is 2.54. The van der Waals surface area contributed by atoms with Crippen LogP contribution in [0.1, 0.15) is 31.7 Å². The molecule has 1 aromatic heterocycles. The summed E-state index contributed by atoms with van der Waals surface area (Å²) in [6.07, 6.45) is 7.76. The summed E-state index contributed by atoms with van der Waals surface area (Å²) in [7, 11) is 0. The minimum absolute atomic E-state index is 1.07. The molecule has 1 aromatic rings. The van der Waals surface area contributed by atoms with E-state index in [9.17, 15) is 0 Å². The molecule has 0 saturated heterocycles. The molecule has 0 aliphatic carbocycles. The van der Waals surface area contributed by atoms with Gasteiger partial charge in [0.05, 0.1) is 0 Å². The Morgan fingerprint density at radius 2 is 2.21 bits per heavy atom. The van der Waals surface area contributed by atoms with Crippen LogP contribution in [-0.2, 0) is 5.75 Å². The van der Waals surface area contributed by atoms with Gasteiger partial charge in [-0.2, -0.15) is 11.8 Å². The van der Waals surface area contributed by atoms with E-state index in [-0.39, 0.29) is 0 Å². The third kappa shape index (κ3) is 5.01. The van der Waals surface area contributed by atoms with E-state index in [1.54, 1.807) is 0 Å². The zero-order chi connectivity index (χ0) is 10.2. The van der Waals surface area contributed by atoms with Gasteiger partial charge in [0, 0.05) is 22.6 Å². The number of hydrogen-bond acceptors (Lipinski definition) is 2. The second kappa shape index (κ2) is 7.30. The van der Waals surface area contributed by atoms with Crippen molar-refractivity contribution in [3.63, 3.8) is 0 Å². The number of hydrogen-bond donors (Lipinski definition) is 0. The molecule has 0 saturated carbocycles. The summed E-state index contributed by atoms with van der Waals surface area (Å²) in [4.78, 5) is 4.14. The van der Waals surface area contributed by atoms with Gasteiger partial charge in [-0.25, -0.2) is 0 Å². The van der Waals surface area contributed by atoms with Crippen molar-refractivity contribution in [3.8, 4) is 0 Å². The molecule has 0 bridgehead atoms. The summed E-state index contributed by atoms with van der Waals surface area (Å²) in [5.74, 6) is 2.34. The number of rotatable bonds is 6. The number of nitrogens with zero attached hydrogens (tertiary/aromatic N) is 1. The van der Waals surface area contributed by atoms with Crippen molar-refractivity contribution in [2.75, 3.05) is 5.75 Å². The van der Waals surface area contributed by atoms with Gasteiger partial charge in [-0.05, 0) is 39.7 Å². The van der Waals surface area contributed by atoms with Crippen LogP contribution >= 0.6 is 27.7 Å². The summed E-state index contributed by atoms with van der Waals surface area (Å²) in [5, 5.41) is 0. The monoisotopic (exact) mass is 273 g/mol. The van der Waals surface area contributed by atoms with Crippen LogP contribution in [0.15, 0.2) is 22.9 Å². The van der Waals surface area contributed by atoms with Gasteiger partial charge in [0.1, 0.15) is 0 Å². The number of aromatic nitrogens is 1. The van der Waals surface area contributed by atoms with Crippen molar-refractivity contribution in [2.24, 2.45) is 0 Å². The Morgan fingerprint density at radius 3 is 2.93 bits per heavy atom. The minimum atomic E-state index is 1.07. The fraction of sp³-hybridized carbons (Fsp3) is 0.545. The molecule has 0 aliphatic heterocycles. The van der Waals surface area contributed by atoms with Crippen LogP contribution in [0.25, 0.3) is 0 Å². The van der Waals surface area contributed by atoms with Crippen molar-refractivity contribution in [3.05, 3.63) is 28.5 Å². The Bertz CT molecular complexity index is 265. The van der Waals surface area contributed by atoms with Gasteiger partial charge < -0.3 is 0 Å². The molecular formula is C11H16BrNS. The summed E-state index contributed by atoms with van der Waals surface area (Å²) in [6.45, 7) is 2.24. The molecule has 0 spiro atoms. The van der Waals surface area contributed by atoms with Crippen molar-refractivity contribution >= 4 is 27.7 Å². The topological polar surface area (TPSA) is 12.9 Å². The molecule has 0 unspecified atom stereocenters. The van der Waals surface area contributed by atoms with E-state index < -0.39 is 0 Å². The van der Waals surface area contributed by atoms with Gasteiger partial charge in [0.2, 0.25) is 0 Å². The van der Waals surface area contributed by atoms with Crippen LogP contribution in [0.5, 0.6) is 0 Å². The zero-order valence-electron chi connectivity index (χ0n) is 8.50. The lowest BCUT2D eigenvalue weighted by atomic mass is 10.3. The van der Waals surface area contributed by atoms with Crippen molar-refractivity contribution < 1.29 is 0 Å². The maximum absolute atomic E-state index is 4.14. The molecule has 0 amide bonds. The van der Waals surface area contributed by atoms with Crippen LogP contribution in [-0.4, -0.2) is 10.7 Å². The molecule has 0 aromatic carbocycles. The van der Waals surface area contributed by atoms with E-state index in [2.05, 4.69) is 33.9 Å². The smallest absolute Gasteiger partial charge is 0.0410 e. The maximum atomic E-state index is 4.14. The molecule has 0 fully saturated rings. The summed E-state index contributed by atoms with van der Waals surface area (Å²) < 4.78 is 1.07. The minimum Gasteiger partial charge on any atom is -0.263 e. The van der Waals surface area contributed by atoms with Gasteiger partial charge in [0.25, 0.3) is 0 Å². The third-order valence-electron chi connectivity index (χ3n) is 1.92. The van der Waals surface area contributed by atoms with E-state index in [0.29, 0.717) is 0 Å². The SMILES string of the molecule is CCCCCSCc1cncc(Br)c1. The van der Waals surface area contributed by atoms with Crippen LogP contribution in [0.2, 0.25) is 0 Å². The zero-order valence-corrected chi connectivity index (χ0v) is 10.9. The van der Waals surface area contributed by atoms with Gasteiger partial charge in [-0.1, -0.05) is 19.8 Å². The molecule has 1 heterocycles. The van der Waals surface area contributed by atoms with E-state index >= 15 is 0 Å². The molecule has 0 atom stereocenters. The Morgan fingerprint density at radius 1 is 1.36 bits per heavy atom. The van der Waals surface area contributed by atoms with Crippen molar-refractivity contribution in [1.29, 1.82) is 0 Å². The van der Waals surface area contributed by atoms with E-state index in [0.717, 1.165) is 10.2 Å². The maximum Gasteiger partial charge on any atom is 0.0410 e. The molecular weight excluding hydrogens is 258 g/mol. The average molecular weight is 274 g/mol. The molecule has 1 nitrogen and oxygen atoms in total. The Kier molecular flexibility index (Phi) is 6.28. The fourth-order valence-electron chi connectivity index (χ4n) is 1.18. The van der Waals surface area contributed by atoms with Crippen LogP contribution in [0, 0.1) is 0 Å². The average Bonchev–Trinajstić information content (AvgIpc) is 2.18. The summed E-state index contributed by atoms with van der Waals surface area (Å²) in [5.41, 5.74) is 1.31. The number of pyridine rings is 1. The highest BCUT2D eigenvalue weighted by Crippen LogP contribution is 2.16. The van der Waals surface area contributed by atoms with E-state index in [4.69, 9.17) is 0 Å². The van der Waals surface area contributed by atoms with Gasteiger partial charge in [-0.15, -0.1) is 0 Å². The predicted molar refractivity (Wildman–Crippen MR) is 67.6 cm³/mol. The predicted octanol–water partition coefficient (Wildman–Crippen LogP) is 4.27. The summed E-state index contributed by atoms with van der Waals surface area (Å²) >= 11 is 5.42. The van der Waals surface area contributed by atoms with Gasteiger partial charge >= 0.3 is 0 Å². The number of unbranched alkanes of at least 4 members (excludes halogenated alkanes) is 2. The molecule has 78 valence electrons. The van der Waals surface area contributed by atoms with Gasteiger partial charge in [-0.3, -0.25) is 4.98 Å². The van der Waals surface area contributed by atoms with Crippen molar-refractivity contribution in [1.82, 2.24) is 4.98 Å². The largest absolute Gasteiger partial charge is 0.263 e. The van der Waals surface area contributed by atoms with E-state index in [1.165, 1.54) is 30.6 Å². The number of thioether (sulfide) groups is 1. The molecule has 1 rings (SSSR count). The van der Waals surface area contributed by atoms with Crippen molar-refractivity contribution in [2.45, 2.75) is 31.9 Å². The van der Waals surface area contributed by atoms with Crippen LogP contribution in [0.4, 0.5) is 0 Å². The van der Waals surface area contributed by atoms with Crippen LogP contribution < -0.4 is 0 Å². The highest BCUT2D eigenvalue weighted by molar-refractivity contribution is 9.10. The standard InChI is InChI=1S/C11H16BrNS/c1-2-3-4-5-14-9-10-6-11(12)8-13-7-10/h6-8H,2-5,9H2,1H3. The lowest BCUT2D eigenvalue weighted by molar-refractivity contribution is 0.778. The second-order valence-corrected chi connectivity index (χ2v) is 5.29. The highest BCUT2D eigenvalue weighted by Gasteiger charge is 1.95. The quantitative estimate of drug-likeness (QED) is 0.718. The van der Waals surface area contributed by atoms with Gasteiger partial charge in [0.15, 0.2) is 0 Å². The first-order chi connectivity index (χ1) is 6.83. The summed E-state index contributed by atoms with van der Waals surface area (Å²) in [6, 6.07) is 2.14. The molecule has 3 heteroatoms. The highest BCUT2D eigenvalue weighted by atomic mass is 79.9. The molecule has 0 radical (unpaired) electrons. The second-order valence-electron chi connectivity index (χ2n) is 3.27. The lowest BCUT2D eigenvalue weighted by Crippen LogP contribution is -1.85. The Balaban J connectivity index is 2.18. The number of halogens is 1. The molecule has 0 N–H and O–H groups in total.